The Balaban J connectivity index is 1.33. The molecular weight excluding hydrogens is 529 g/mol. The molecule has 8 nitrogen and oxygen atoms in total. The third-order valence-corrected chi connectivity index (χ3v) is 7.45. The molecular formula is C27H27F3N6O2S. The molecule has 0 saturated heterocycles. The third-order valence-electron chi connectivity index (χ3n) is 6.35. The van der Waals surface area contributed by atoms with Gasteiger partial charge in [-0.3, -0.25) is 4.99 Å². The number of nitrogens with zero attached hydrogens (tertiary/aromatic N) is 6. The van der Waals surface area contributed by atoms with Crippen LogP contribution in [0.5, 0.6) is 11.8 Å². The largest absolute Gasteiger partial charge is 0.480 e. The summed E-state index contributed by atoms with van der Waals surface area (Å²) in [6, 6.07) is 7.49. The van der Waals surface area contributed by atoms with Gasteiger partial charge in [0.1, 0.15) is 18.5 Å². The third kappa shape index (κ3) is 6.16. The minimum Gasteiger partial charge on any atom is -0.480 e. The van der Waals surface area contributed by atoms with E-state index >= 15 is 0 Å². The summed E-state index contributed by atoms with van der Waals surface area (Å²) >= 11 is 1.67. The Morgan fingerprint density at radius 1 is 1.15 bits per heavy atom. The van der Waals surface area contributed by atoms with Crippen LogP contribution in [0.1, 0.15) is 41.3 Å². The highest BCUT2D eigenvalue weighted by Gasteiger charge is 2.34. The first-order valence-corrected chi connectivity index (χ1v) is 13.3. The predicted molar refractivity (Wildman–Crippen MR) is 142 cm³/mol. The normalized spacial score (nSPS) is 15.2. The summed E-state index contributed by atoms with van der Waals surface area (Å²) in [5.41, 5.74) is 3.26. The Labute approximate surface area is 228 Å². The number of allylic oxidation sites excluding steroid dienone is 1. The molecule has 12 heteroatoms. The molecule has 1 fully saturated rings. The summed E-state index contributed by atoms with van der Waals surface area (Å²) in [5.74, 6) is 2.72. The van der Waals surface area contributed by atoms with Crippen LogP contribution in [0.3, 0.4) is 0 Å². The molecule has 0 radical (unpaired) electrons. The maximum Gasteiger partial charge on any atom is 0.434 e. The summed E-state index contributed by atoms with van der Waals surface area (Å²) in [7, 11) is 3.13. The van der Waals surface area contributed by atoms with E-state index in [4.69, 9.17) is 19.4 Å². The number of aliphatic imine (C=N–C) groups is 1. The average molecular weight is 557 g/mol. The molecule has 204 valence electrons. The predicted octanol–water partition coefficient (Wildman–Crippen LogP) is 5.58. The molecule has 1 aliphatic heterocycles. The number of hydrogen-bond donors (Lipinski definition) is 0. The van der Waals surface area contributed by atoms with Crippen molar-refractivity contribution in [1.82, 2.24) is 24.8 Å². The van der Waals surface area contributed by atoms with Crippen molar-refractivity contribution in [2.75, 3.05) is 19.9 Å². The number of alkyl halides is 3. The van der Waals surface area contributed by atoms with Crippen molar-refractivity contribution >= 4 is 18.5 Å². The fourth-order valence-corrected chi connectivity index (χ4v) is 5.34. The molecule has 1 aromatic carbocycles. The molecule has 3 aromatic rings. The Hall–Kier alpha value is -3.67. The Morgan fingerprint density at radius 2 is 1.90 bits per heavy atom. The van der Waals surface area contributed by atoms with E-state index in [2.05, 4.69) is 21.7 Å². The minimum atomic E-state index is -4.55. The Kier molecular flexibility index (Phi) is 7.74. The minimum absolute atomic E-state index is 0.274. The van der Waals surface area contributed by atoms with Gasteiger partial charge in [0.2, 0.25) is 11.8 Å². The summed E-state index contributed by atoms with van der Waals surface area (Å²) in [6.45, 7) is 3.56. The molecule has 0 spiro atoms. The van der Waals surface area contributed by atoms with Gasteiger partial charge in [-0.2, -0.15) is 18.2 Å². The van der Waals surface area contributed by atoms with Crippen LogP contribution in [0.4, 0.5) is 13.2 Å². The number of hydrogen-bond acceptors (Lipinski definition) is 9. The molecule has 2 aliphatic rings. The molecule has 0 atom stereocenters. The SMILES string of the molecule is C=N/C(=C\N(C)Cc1ccc(COc2nc(-c3c(OC)ncnc3C3CC3)nc3c2SCC3)cc1)C(F)(F)F. The van der Waals surface area contributed by atoms with Gasteiger partial charge in [-0.1, -0.05) is 24.3 Å². The molecule has 39 heavy (non-hydrogen) atoms. The lowest BCUT2D eigenvalue weighted by atomic mass is 10.1. The first kappa shape index (κ1) is 26.9. The number of thioether (sulfide) groups is 1. The van der Waals surface area contributed by atoms with E-state index < -0.39 is 11.9 Å². The molecule has 0 unspecified atom stereocenters. The standard InChI is InChI=1S/C27H27F3N6O2S/c1-31-20(27(28,29)30)13-36(2)12-16-4-6-17(7-5-16)14-38-26-23-19(10-11-39-23)34-24(35-26)21-22(18-8-9-18)32-15-33-25(21)37-3/h4-7,13,15,18H,1,8-12,14H2,2-3H3/b20-13-. The molecule has 0 amide bonds. The second-order valence-corrected chi connectivity index (χ2v) is 10.4. The molecule has 5 rings (SSSR count). The number of halogens is 3. The van der Waals surface area contributed by atoms with E-state index in [1.54, 1.807) is 25.9 Å². The van der Waals surface area contributed by atoms with E-state index in [9.17, 15) is 13.2 Å². The van der Waals surface area contributed by atoms with Crippen LogP contribution < -0.4 is 9.47 Å². The van der Waals surface area contributed by atoms with Crippen molar-refractivity contribution in [3.63, 3.8) is 0 Å². The van der Waals surface area contributed by atoms with E-state index in [1.807, 2.05) is 24.3 Å². The highest BCUT2D eigenvalue weighted by Crippen LogP contribution is 2.46. The van der Waals surface area contributed by atoms with Crippen molar-refractivity contribution in [3.05, 3.63) is 65.0 Å². The van der Waals surface area contributed by atoms with Crippen LogP contribution in [-0.4, -0.2) is 57.6 Å². The number of methoxy groups -OCH3 is 1. The van der Waals surface area contributed by atoms with E-state index in [0.717, 1.165) is 64.2 Å². The lowest BCUT2D eigenvalue weighted by Gasteiger charge is -2.17. The zero-order chi connectivity index (χ0) is 27.6. The smallest absolute Gasteiger partial charge is 0.434 e. The van der Waals surface area contributed by atoms with Gasteiger partial charge in [-0.25, -0.2) is 15.0 Å². The van der Waals surface area contributed by atoms with Gasteiger partial charge in [-0.05, 0) is 30.7 Å². The van der Waals surface area contributed by atoms with Crippen LogP contribution in [0.25, 0.3) is 11.4 Å². The number of aromatic nitrogens is 4. The van der Waals surface area contributed by atoms with Crippen molar-refractivity contribution in [2.24, 2.45) is 4.99 Å². The van der Waals surface area contributed by atoms with Crippen LogP contribution >= 0.6 is 11.8 Å². The molecule has 1 aliphatic carbocycles. The van der Waals surface area contributed by atoms with Gasteiger partial charge in [0, 0.05) is 37.9 Å². The summed E-state index contributed by atoms with van der Waals surface area (Å²) in [6.07, 6.45) is 0.849. The highest BCUT2D eigenvalue weighted by atomic mass is 32.2. The van der Waals surface area contributed by atoms with Crippen molar-refractivity contribution in [3.8, 4) is 23.1 Å². The van der Waals surface area contributed by atoms with Gasteiger partial charge < -0.3 is 14.4 Å². The fourth-order valence-electron chi connectivity index (χ4n) is 4.30. The van der Waals surface area contributed by atoms with E-state index in [-0.39, 0.29) is 13.2 Å². The summed E-state index contributed by atoms with van der Waals surface area (Å²) < 4.78 is 50.5. The van der Waals surface area contributed by atoms with Crippen molar-refractivity contribution in [2.45, 2.75) is 49.4 Å². The van der Waals surface area contributed by atoms with Crippen LogP contribution in [0, 0.1) is 0 Å². The number of rotatable bonds is 10. The van der Waals surface area contributed by atoms with Crippen LogP contribution in [-0.2, 0) is 19.6 Å². The lowest BCUT2D eigenvalue weighted by molar-refractivity contribution is -0.0933. The quantitative estimate of drug-likeness (QED) is 0.299. The van der Waals surface area contributed by atoms with Gasteiger partial charge >= 0.3 is 6.18 Å². The maximum absolute atomic E-state index is 12.9. The Morgan fingerprint density at radius 3 is 2.56 bits per heavy atom. The lowest BCUT2D eigenvalue weighted by Crippen LogP contribution is -2.17. The van der Waals surface area contributed by atoms with Crippen molar-refractivity contribution < 1.29 is 22.6 Å². The summed E-state index contributed by atoms with van der Waals surface area (Å²) in [5, 5.41) is 0. The van der Waals surface area contributed by atoms with Gasteiger partial charge in [-0.15, -0.1) is 11.8 Å². The number of fused-ring (bicyclic) bond motifs is 1. The number of aryl methyl sites for hydroxylation is 1. The van der Waals surface area contributed by atoms with Gasteiger partial charge in [0.25, 0.3) is 0 Å². The molecule has 0 N–H and O–H groups in total. The Bertz CT molecular complexity index is 1390. The zero-order valence-corrected chi connectivity index (χ0v) is 22.3. The van der Waals surface area contributed by atoms with Crippen LogP contribution in [0.2, 0.25) is 0 Å². The molecule has 3 heterocycles. The maximum atomic E-state index is 12.9. The van der Waals surface area contributed by atoms with E-state index in [0.29, 0.717) is 23.5 Å². The molecule has 1 saturated carbocycles. The monoisotopic (exact) mass is 556 g/mol. The topological polar surface area (TPSA) is 85.6 Å². The molecule has 2 aromatic heterocycles. The second kappa shape index (κ2) is 11.2. The fraction of sp³-hybridized carbons (Fsp3) is 0.370. The zero-order valence-electron chi connectivity index (χ0n) is 21.5. The average Bonchev–Trinajstić information content (AvgIpc) is 3.66. The molecule has 0 bridgehead atoms. The van der Waals surface area contributed by atoms with Crippen LogP contribution in [0.15, 0.2) is 52.4 Å². The first-order valence-electron chi connectivity index (χ1n) is 12.4. The number of ether oxygens (including phenoxy) is 2. The van der Waals surface area contributed by atoms with Gasteiger partial charge in [0.15, 0.2) is 11.5 Å². The highest BCUT2D eigenvalue weighted by molar-refractivity contribution is 7.99. The van der Waals surface area contributed by atoms with Crippen molar-refractivity contribution in [1.29, 1.82) is 0 Å². The van der Waals surface area contributed by atoms with Gasteiger partial charge in [0.05, 0.1) is 23.4 Å². The summed E-state index contributed by atoms with van der Waals surface area (Å²) in [4.78, 5) is 23.9. The second-order valence-electron chi connectivity index (χ2n) is 9.33. The van der Waals surface area contributed by atoms with E-state index in [1.165, 1.54) is 11.2 Å². The number of benzene rings is 1. The first-order chi connectivity index (χ1) is 18.8.